The summed E-state index contributed by atoms with van der Waals surface area (Å²) in [4.78, 5) is 0. The van der Waals surface area contributed by atoms with Crippen LogP contribution < -0.4 is 0 Å². The van der Waals surface area contributed by atoms with Crippen LogP contribution in [0, 0.1) is 0 Å². The van der Waals surface area contributed by atoms with Crippen LogP contribution in [0.4, 0.5) is 0 Å². The highest BCUT2D eigenvalue weighted by Gasteiger charge is 2.10. The molecule has 0 aliphatic carbocycles. The van der Waals surface area contributed by atoms with Crippen molar-refractivity contribution in [1.82, 2.24) is 0 Å². The SMILES string of the molecule is CC(C)c1ccccc1C(C)O[SiH3]. The van der Waals surface area contributed by atoms with E-state index in [-0.39, 0.29) is 6.10 Å². The van der Waals surface area contributed by atoms with E-state index in [0.29, 0.717) is 5.92 Å². The second-order valence-electron chi connectivity index (χ2n) is 3.66. The van der Waals surface area contributed by atoms with E-state index in [9.17, 15) is 0 Å². The van der Waals surface area contributed by atoms with E-state index in [1.807, 2.05) is 0 Å². The summed E-state index contributed by atoms with van der Waals surface area (Å²) < 4.78 is 5.47. The molecule has 0 aromatic heterocycles. The van der Waals surface area contributed by atoms with Crippen molar-refractivity contribution in [1.29, 1.82) is 0 Å². The summed E-state index contributed by atoms with van der Waals surface area (Å²) >= 11 is 0. The van der Waals surface area contributed by atoms with E-state index in [0.717, 1.165) is 10.5 Å². The van der Waals surface area contributed by atoms with Crippen molar-refractivity contribution in [3.8, 4) is 0 Å². The molecular formula is C11H18OSi. The minimum atomic E-state index is 0.255. The van der Waals surface area contributed by atoms with E-state index in [1.165, 1.54) is 11.1 Å². The number of hydrogen-bond acceptors (Lipinski definition) is 1. The second-order valence-corrected chi connectivity index (χ2v) is 4.13. The maximum Gasteiger partial charge on any atom is 0.146 e. The molecule has 0 bridgehead atoms. The molecule has 0 saturated heterocycles. The highest BCUT2D eigenvalue weighted by Crippen LogP contribution is 2.25. The first-order valence-electron chi connectivity index (χ1n) is 4.78. The molecule has 1 unspecified atom stereocenters. The van der Waals surface area contributed by atoms with Crippen LogP contribution in [-0.2, 0) is 4.43 Å². The highest BCUT2D eigenvalue weighted by molar-refractivity contribution is 5.98. The molecule has 0 aliphatic rings. The van der Waals surface area contributed by atoms with Crippen molar-refractivity contribution in [2.75, 3.05) is 0 Å². The summed E-state index contributed by atoms with van der Waals surface area (Å²) in [6.07, 6.45) is 0.255. The topological polar surface area (TPSA) is 9.23 Å². The third-order valence-electron chi connectivity index (χ3n) is 2.41. The fourth-order valence-corrected chi connectivity index (χ4v) is 1.79. The van der Waals surface area contributed by atoms with Gasteiger partial charge in [-0.15, -0.1) is 0 Å². The molecule has 2 heteroatoms. The maximum atomic E-state index is 5.47. The van der Waals surface area contributed by atoms with E-state index in [1.54, 1.807) is 0 Å². The normalized spacial score (nSPS) is 13.5. The zero-order chi connectivity index (χ0) is 9.84. The quantitative estimate of drug-likeness (QED) is 0.670. The van der Waals surface area contributed by atoms with Crippen LogP contribution >= 0.6 is 0 Å². The second kappa shape index (κ2) is 4.58. The number of hydrogen-bond donors (Lipinski definition) is 0. The zero-order valence-corrected chi connectivity index (χ0v) is 10.9. The van der Waals surface area contributed by atoms with E-state index >= 15 is 0 Å². The first-order valence-corrected chi connectivity index (χ1v) is 5.60. The van der Waals surface area contributed by atoms with Crippen molar-refractivity contribution in [3.05, 3.63) is 35.4 Å². The van der Waals surface area contributed by atoms with Gasteiger partial charge in [-0.2, -0.15) is 0 Å². The lowest BCUT2D eigenvalue weighted by Gasteiger charge is -2.17. The molecule has 0 spiro atoms. The molecule has 1 aromatic carbocycles. The van der Waals surface area contributed by atoms with Crippen LogP contribution in [0.3, 0.4) is 0 Å². The van der Waals surface area contributed by atoms with Gasteiger partial charge < -0.3 is 4.43 Å². The summed E-state index contributed by atoms with van der Waals surface area (Å²) in [5, 5.41) is 0. The molecule has 0 radical (unpaired) electrons. The van der Waals surface area contributed by atoms with Gasteiger partial charge in [-0.25, -0.2) is 0 Å². The first kappa shape index (κ1) is 10.5. The molecule has 1 aromatic rings. The van der Waals surface area contributed by atoms with Gasteiger partial charge in [0, 0.05) is 0 Å². The van der Waals surface area contributed by atoms with Crippen LogP contribution in [-0.4, -0.2) is 10.5 Å². The van der Waals surface area contributed by atoms with Crippen LogP contribution in [0.1, 0.15) is 43.9 Å². The smallest absolute Gasteiger partial charge is 0.146 e. The molecule has 0 N–H and O–H groups in total. The number of benzene rings is 1. The van der Waals surface area contributed by atoms with E-state index < -0.39 is 0 Å². The van der Waals surface area contributed by atoms with Crippen LogP contribution in [0.2, 0.25) is 0 Å². The minimum Gasteiger partial charge on any atom is -0.421 e. The van der Waals surface area contributed by atoms with Gasteiger partial charge in [-0.05, 0) is 24.0 Å². The first-order chi connectivity index (χ1) is 6.16. The monoisotopic (exact) mass is 194 g/mol. The minimum absolute atomic E-state index is 0.255. The molecule has 13 heavy (non-hydrogen) atoms. The summed E-state index contributed by atoms with van der Waals surface area (Å²) in [5.74, 6) is 0.579. The Hall–Kier alpha value is -0.603. The molecule has 1 nitrogen and oxygen atoms in total. The fourth-order valence-electron chi connectivity index (χ4n) is 1.53. The van der Waals surface area contributed by atoms with Crippen LogP contribution in [0.15, 0.2) is 24.3 Å². The lowest BCUT2D eigenvalue weighted by Crippen LogP contribution is -2.02. The van der Waals surface area contributed by atoms with Crippen molar-refractivity contribution in [3.63, 3.8) is 0 Å². The summed E-state index contributed by atoms with van der Waals surface area (Å²) in [6.45, 7) is 6.56. The lowest BCUT2D eigenvalue weighted by molar-refractivity contribution is 0.249. The molecule has 0 amide bonds. The Morgan fingerprint density at radius 1 is 1.08 bits per heavy atom. The number of rotatable bonds is 3. The zero-order valence-electron chi connectivity index (χ0n) is 8.87. The molecule has 0 heterocycles. The molecule has 0 fully saturated rings. The summed E-state index contributed by atoms with van der Waals surface area (Å²) in [6, 6.07) is 8.53. The molecule has 0 saturated carbocycles. The van der Waals surface area contributed by atoms with Gasteiger partial charge >= 0.3 is 0 Å². The van der Waals surface area contributed by atoms with Gasteiger partial charge in [0.05, 0.1) is 6.10 Å². The van der Waals surface area contributed by atoms with Crippen molar-refractivity contribution in [2.24, 2.45) is 0 Å². The molecule has 1 atom stereocenters. The van der Waals surface area contributed by atoms with Gasteiger partial charge in [-0.3, -0.25) is 0 Å². The molecule has 1 rings (SSSR count). The fraction of sp³-hybridized carbons (Fsp3) is 0.455. The largest absolute Gasteiger partial charge is 0.421 e. The lowest BCUT2D eigenvalue weighted by atomic mass is 9.95. The van der Waals surface area contributed by atoms with Crippen LogP contribution in [0.25, 0.3) is 0 Å². The predicted octanol–water partition coefficient (Wildman–Crippen LogP) is 2.17. The Bertz CT molecular complexity index is 271. The Morgan fingerprint density at radius 2 is 1.62 bits per heavy atom. The molecule has 72 valence electrons. The van der Waals surface area contributed by atoms with Gasteiger partial charge in [-0.1, -0.05) is 38.1 Å². The Kier molecular flexibility index (Phi) is 3.69. The van der Waals surface area contributed by atoms with Gasteiger partial charge in [0.2, 0.25) is 0 Å². The third-order valence-corrected chi connectivity index (χ3v) is 3.12. The van der Waals surface area contributed by atoms with Crippen molar-refractivity contribution < 1.29 is 4.43 Å². The van der Waals surface area contributed by atoms with Gasteiger partial charge in [0.15, 0.2) is 0 Å². The molecular weight excluding hydrogens is 176 g/mol. The van der Waals surface area contributed by atoms with Gasteiger partial charge in [0.25, 0.3) is 0 Å². The van der Waals surface area contributed by atoms with Crippen molar-refractivity contribution >= 4 is 10.5 Å². The average Bonchev–Trinajstić information content (AvgIpc) is 2.16. The van der Waals surface area contributed by atoms with Crippen LogP contribution in [0.5, 0.6) is 0 Å². The Balaban J connectivity index is 3.04. The maximum absolute atomic E-state index is 5.47. The van der Waals surface area contributed by atoms with E-state index in [4.69, 9.17) is 4.43 Å². The van der Waals surface area contributed by atoms with Crippen molar-refractivity contribution in [2.45, 2.75) is 32.8 Å². The summed E-state index contributed by atoms with van der Waals surface area (Å²) in [7, 11) is 0.801. The van der Waals surface area contributed by atoms with E-state index in [2.05, 4.69) is 45.0 Å². The average molecular weight is 194 g/mol. The third kappa shape index (κ3) is 2.42. The summed E-state index contributed by atoms with van der Waals surface area (Å²) in [5.41, 5.74) is 2.75. The highest BCUT2D eigenvalue weighted by atomic mass is 28.2. The Labute approximate surface area is 83.7 Å². The predicted molar refractivity (Wildman–Crippen MR) is 60.0 cm³/mol. The standard InChI is InChI=1S/C11H18OSi/c1-8(2)10-6-4-5-7-11(10)9(3)12-13/h4-9H,1-3,13H3. The van der Waals surface area contributed by atoms with Gasteiger partial charge in [0.1, 0.15) is 10.5 Å². The Morgan fingerprint density at radius 3 is 2.08 bits per heavy atom. The molecule has 0 aliphatic heterocycles.